The minimum Gasteiger partial charge on any atom is -0.289 e. The largest absolute Gasteiger partial charge is 0.389 e. The number of hydrogen-bond donors (Lipinski definition) is 0. The van der Waals surface area contributed by atoms with Crippen LogP contribution in [0.4, 0.5) is 13.2 Å². The summed E-state index contributed by atoms with van der Waals surface area (Å²) in [6.45, 7) is 0. The van der Waals surface area contributed by atoms with E-state index in [4.69, 9.17) is 0 Å². The molecule has 0 saturated carbocycles. The molecule has 0 unspecified atom stereocenters. The molecule has 0 radical (unpaired) electrons. The smallest absolute Gasteiger partial charge is 0.289 e. The maximum absolute atomic E-state index is 12.1. The first-order valence-electron chi connectivity index (χ1n) is 4.88. The standard InChI is InChI=1S/C12H9F3O/c13-12(14,15)6-5-8-7-11(16)10-4-2-1-3-9(8)10/h1-4,7H,5-6H2. The van der Waals surface area contributed by atoms with Crippen molar-refractivity contribution in [2.75, 3.05) is 0 Å². The second-order valence-electron chi connectivity index (χ2n) is 3.69. The monoisotopic (exact) mass is 226 g/mol. The van der Waals surface area contributed by atoms with E-state index in [-0.39, 0.29) is 12.2 Å². The summed E-state index contributed by atoms with van der Waals surface area (Å²) in [4.78, 5) is 11.4. The summed E-state index contributed by atoms with van der Waals surface area (Å²) in [5.74, 6) is -0.201. The Kier molecular flexibility index (Phi) is 2.58. The van der Waals surface area contributed by atoms with Crippen molar-refractivity contribution in [3.05, 3.63) is 41.5 Å². The normalized spacial score (nSPS) is 14.9. The number of halogens is 3. The van der Waals surface area contributed by atoms with Crippen molar-refractivity contribution in [1.29, 1.82) is 0 Å². The van der Waals surface area contributed by atoms with Crippen molar-refractivity contribution in [3.8, 4) is 0 Å². The highest BCUT2D eigenvalue weighted by molar-refractivity contribution is 6.16. The van der Waals surface area contributed by atoms with Crippen molar-refractivity contribution in [1.82, 2.24) is 0 Å². The van der Waals surface area contributed by atoms with E-state index in [1.807, 2.05) is 0 Å². The van der Waals surface area contributed by atoms with Gasteiger partial charge in [0.25, 0.3) is 0 Å². The number of benzene rings is 1. The predicted octanol–water partition coefficient (Wildman–Crippen LogP) is 3.61. The van der Waals surface area contributed by atoms with Crippen LogP contribution in [0.3, 0.4) is 0 Å². The van der Waals surface area contributed by atoms with Gasteiger partial charge in [0, 0.05) is 12.0 Å². The Morgan fingerprint density at radius 3 is 2.31 bits per heavy atom. The molecule has 1 aromatic rings. The number of ketones is 1. The first-order valence-corrected chi connectivity index (χ1v) is 4.88. The number of hydrogen-bond acceptors (Lipinski definition) is 1. The van der Waals surface area contributed by atoms with Crippen LogP contribution in [0.2, 0.25) is 0 Å². The molecular weight excluding hydrogens is 217 g/mol. The first kappa shape index (κ1) is 10.9. The van der Waals surface area contributed by atoms with Crippen LogP contribution < -0.4 is 0 Å². The molecule has 4 heteroatoms. The van der Waals surface area contributed by atoms with Gasteiger partial charge in [-0.2, -0.15) is 13.2 Å². The molecule has 0 atom stereocenters. The number of carbonyl (C=O) groups excluding carboxylic acids is 1. The lowest BCUT2D eigenvalue weighted by Gasteiger charge is -2.07. The Morgan fingerprint density at radius 2 is 1.69 bits per heavy atom. The van der Waals surface area contributed by atoms with E-state index >= 15 is 0 Å². The Balaban J connectivity index is 2.19. The Hall–Kier alpha value is -1.58. The number of allylic oxidation sites excluding steroid dienone is 2. The van der Waals surface area contributed by atoms with Crippen LogP contribution in [0.15, 0.2) is 30.3 Å². The maximum Gasteiger partial charge on any atom is 0.389 e. The highest BCUT2D eigenvalue weighted by atomic mass is 19.4. The third-order valence-electron chi connectivity index (χ3n) is 2.52. The molecule has 16 heavy (non-hydrogen) atoms. The van der Waals surface area contributed by atoms with Crippen LogP contribution in [-0.4, -0.2) is 12.0 Å². The SMILES string of the molecule is O=C1C=C(CCC(F)(F)F)c2ccccc21. The highest BCUT2D eigenvalue weighted by Gasteiger charge is 2.29. The summed E-state index contributed by atoms with van der Waals surface area (Å²) in [7, 11) is 0. The van der Waals surface area contributed by atoms with Gasteiger partial charge in [0.2, 0.25) is 0 Å². The van der Waals surface area contributed by atoms with Gasteiger partial charge in [0.05, 0.1) is 0 Å². The molecular formula is C12H9F3O. The van der Waals surface area contributed by atoms with Gasteiger partial charge in [0.15, 0.2) is 5.78 Å². The van der Waals surface area contributed by atoms with Crippen molar-refractivity contribution in [3.63, 3.8) is 0 Å². The minimum atomic E-state index is -4.18. The van der Waals surface area contributed by atoms with Crippen LogP contribution in [0.1, 0.15) is 28.8 Å². The summed E-state index contributed by atoms with van der Waals surface area (Å²) >= 11 is 0. The Labute approximate surface area is 90.6 Å². The van der Waals surface area contributed by atoms with E-state index in [1.54, 1.807) is 24.3 Å². The quantitative estimate of drug-likeness (QED) is 0.752. The second kappa shape index (κ2) is 3.77. The van der Waals surface area contributed by atoms with Crippen LogP contribution in [0, 0.1) is 0 Å². The van der Waals surface area contributed by atoms with Crippen molar-refractivity contribution >= 4 is 11.4 Å². The third-order valence-corrected chi connectivity index (χ3v) is 2.52. The average molecular weight is 226 g/mol. The molecule has 0 amide bonds. The molecule has 84 valence electrons. The Bertz CT molecular complexity index is 458. The van der Waals surface area contributed by atoms with Gasteiger partial charge in [-0.1, -0.05) is 24.3 Å². The first-order chi connectivity index (χ1) is 7.47. The Morgan fingerprint density at radius 1 is 1.06 bits per heavy atom. The fourth-order valence-electron chi connectivity index (χ4n) is 1.77. The highest BCUT2D eigenvalue weighted by Crippen LogP contribution is 2.33. The zero-order valence-electron chi connectivity index (χ0n) is 8.34. The van der Waals surface area contributed by atoms with Gasteiger partial charge in [-0.15, -0.1) is 0 Å². The lowest BCUT2D eigenvalue weighted by molar-refractivity contribution is -0.133. The molecule has 1 aliphatic rings. The zero-order valence-corrected chi connectivity index (χ0v) is 8.34. The van der Waals surface area contributed by atoms with Gasteiger partial charge in [0.1, 0.15) is 0 Å². The maximum atomic E-state index is 12.1. The third kappa shape index (κ3) is 2.15. The summed E-state index contributed by atoms with van der Waals surface area (Å²) in [5, 5.41) is 0. The second-order valence-corrected chi connectivity index (χ2v) is 3.69. The summed E-state index contributed by atoms with van der Waals surface area (Å²) in [6, 6.07) is 6.74. The molecule has 1 aliphatic carbocycles. The fourth-order valence-corrected chi connectivity index (χ4v) is 1.77. The number of rotatable bonds is 2. The van der Waals surface area contributed by atoms with Crippen LogP contribution in [-0.2, 0) is 0 Å². The fraction of sp³-hybridized carbons (Fsp3) is 0.250. The molecule has 0 heterocycles. The van der Waals surface area contributed by atoms with E-state index in [1.165, 1.54) is 6.08 Å². The molecule has 0 spiro atoms. The van der Waals surface area contributed by atoms with Crippen molar-refractivity contribution in [2.24, 2.45) is 0 Å². The minimum absolute atomic E-state index is 0.133. The molecule has 0 aliphatic heterocycles. The molecule has 0 aromatic heterocycles. The van der Waals surface area contributed by atoms with E-state index in [0.717, 1.165) is 0 Å². The molecule has 1 nitrogen and oxygen atoms in total. The van der Waals surface area contributed by atoms with Crippen molar-refractivity contribution < 1.29 is 18.0 Å². The zero-order chi connectivity index (χ0) is 11.8. The number of carbonyl (C=O) groups is 1. The molecule has 1 aromatic carbocycles. The molecule has 2 rings (SSSR count). The van der Waals surface area contributed by atoms with Gasteiger partial charge in [-0.3, -0.25) is 4.79 Å². The lowest BCUT2D eigenvalue weighted by atomic mass is 10.0. The number of alkyl halides is 3. The van der Waals surface area contributed by atoms with E-state index in [2.05, 4.69) is 0 Å². The van der Waals surface area contributed by atoms with Gasteiger partial charge < -0.3 is 0 Å². The molecule has 0 N–H and O–H groups in total. The van der Waals surface area contributed by atoms with Crippen LogP contribution in [0.25, 0.3) is 5.57 Å². The van der Waals surface area contributed by atoms with Gasteiger partial charge >= 0.3 is 6.18 Å². The van der Waals surface area contributed by atoms with Crippen LogP contribution >= 0.6 is 0 Å². The summed E-state index contributed by atoms with van der Waals surface area (Å²) < 4.78 is 36.2. The van der Waals surface area contributed by atoms with E-state index < -0.39 is 12.6 Å². The number of fused-ring (bicyclic) bond motifs is 1. The van der Waals surface area contributed by atoms with E-state index in [9.17, 15) is 18.0 Å². The average Bonchev–Trinajstić information content (AvgIpc) is 2.53. The summed E-state index contributed by atoms with van der Waals surface area (Å²) in [6.07, 6.45) is -3.90. The molecule has 0 saturated heterocycles. The van der Waals surface area contributed by atoms with Gasteiger partial charge in [-0.25, -0.2) is 0 Å². The summed E-state index contributed by atoms with van der Waals surface area (Å²) in [5.41, 5.74) is 1.62. The topological polar surface area (TPSA) is 17.1 Å². The molecule has 0 fully saturated rings. The lowest BCUT2D eigenvalue weighted by Crippen LogP contribution is -2.06. The van der Waals surface area contributed by atoms with E-state index in [0.29, 0.717) is 16.7 Å². The van der Waals surface area contributed by atoms with Crippen LogP contribution in [0.5, 0.6) is 0 Å². The predicted molar refractivity (Wildman–Crippen MR) is 54.0 cm³/mol. The van der Waals surface area contributed by atoms with Gasteiger partial charge in [-0.05, 0) is 23.6 Å². The molecule has 0 bridgehead atoms. The van der Waals surface area contributed by atoms with Crippen molar-refractivity contribution in [2.45, 2.75) is 19.0 Å².